The third kappa shape index (κ3) is 1.29. The Morgan fingerprint density at radius 3 is 2.86 bits per heavy atom. The second-order valence-corrected chi connectivity index (χ2v) is 4.48. The molecule has 1 saturated carbocycles. The zero-order valence-corrected chi connectivity index (χ0v) is 8.52. The maximum atomic E-state index is 2.52. The van der Waals surface area contributed by atoms with Gasteiger partial charge in [-0.25, -0.2) is 4.58 Å². The highest BCUT2D eigenvalue weighted by Gasteiger charge is 2.27. The summed E-state index contributed by atoms with van der Waals surface area (Å²) in [5, 5.41) is 0. The molecular weight excluding hydrogens is 172 g/mol. The van der Waals surface area contributed by atoms with E-state index in [0.717, 1.165) is 12.7 Å². The van der Waals surface area contributed by atoms with Crippen LogP contribution in [-0.2, 0) is 6.67 Å². The summed E-state index contributed by atoms with van der Waals surface area (Å²) in [5.74, 6) is 0. The lowest BCUT2D eigenvalue weighted by Gasteiger charge is -2.18. The van der Waals surface area contributed by atoms with Crippen molar-refractivity contribution in [2.45, 2.75) is 44.8 Å². The summed E-state index contributed by atoms with van der Waals surface area (Å²) in [7, 11) is 0. The van der Waals surface area contributed by atoms with Crippen LogP contribution in [0, 0.1) is 0 Å². The van der Waals surface area contributed by atoms with E-state index in [-0.39, 0.29) is 0 Å². The molecule has 2 heteroatoms. The minimum Gasteiger partial charge on any atom is -0.287 e. The monoisotopic (exact) mass is 189 g/mol. The van der Waals surface area contributed by atoms with Gasteiger partial charge in [0.25, 0.3) is 0 Å². The number of rotatable bonds is 1. The van der Waals surface area contributed by atoms with Gasteiger partial charge in [0.15, 0.2) is 12.3 Å². The Kier molecular flexibility index (Phi) is 1.93. The third-order valence-corrected chi connectivity index (χ3v) is 3.52. The zero-order chi connectivity index (χ0) is 9.38. The largest absolute Gasteiger partial charge is 0.287 e. The standard InChI is InChI=1S/C12H17N2/c1-2-5-11(6-3-1)14-9-12-7-4-8-13(12)10-14/h4,7-9,11H,1-3,5-6,10H2/q+1. The number of hydrogen-bond acceptors (Lipinski definition) is 0. The van der Waals surface area contributed by atoms with Gasteiger partial charge < -0.3 is 0 Å². The number of nitrogens with zero attached hydrogens (tertiary/aromatic N) is 2. The summed E-state index contributed by atoms with van der Waals surface area (Å²) in [6.07, 6.45) is 11.6. The molecule has 1 aliphatic heterocycles. The summed E-state index contributed by atoms with van der Waals surface area (Å²) >= 11 is 0. The van der Waals surface area contributed by atoms with Gasteiger partial charge in [-0.15, -0.1) is 0 Å². The number of hydrogen-bond donors (Lipinski definition) is 0. The van der Waals surface area contributed by atoms with Gasteiger partial charge in [0.1, 0.15) is 5.69 Å². The van der Waals surface area contributed by atoms with E-state index in [2.05, 4.69) is 33.7 Å². The van der Waals surface area contributed by atoms with Crippen molar-refractivity contribution in [1.82, 2.24) is 4.57 Å². The van der Waals surface area contributed by atoms with E-state index in [1.165, 1.54) is 37.8 Å². The molecule has 0 atom stereocenters. The predicted molar refractivity (Wildman–Crippen MR) is 56.7 cm³/mol. The second-order valence-electron chi connectivity index (χ2n) is 4.48. The van der Waals surface area contributed by atoms with Crippen LogP contribution in [0.15, 0.2) is 18.3 Å². The molecular formula is C12H17N2+. The third-order valence-electron chi connectivity index (χ3n) is 3.52. The molecule has 0 unspecified atom stereocenters. The van der Waals surface area contributed by atoms with Gasteiger partial charge in [-0.2, -0.15) is 0 Å². The smallest absolute Gasteiger partial charge is 0.222 e. The van der Waals surface area contributed by atoms with E-state index in [1.54, 1.807) is 0 Å². The van der Waals surface area contributed by atoms with Crippen molar-refractivity contribution in [3.05, 3.63) is 24.0 Å². The van der Waals surface area contributed by atoms with E-state index in [9.17, 15) is 0 Å². The van der Waals surface area contributed by atoms with Gasteiger partial charge in [0.2, 0.25) is 6.67 Å². The SMILES string of the molecule is C1=[N+](C2CCCCC2)Cn2cccc21. The quantitative estimate of drug-likeness (QED) is 0.599. The minimum atomic E-state index is 0.809. The first-order valence-electron chi connectivity index (χ1n) is 5.69. The highest BCUT2D eigenvalue weighted by molar-refractivity contribution is 5.74. The van der Waals surface area contributed by atoms with Crippen LogP contribution in [0.1, 0.15) is 37.8 Å². The van der Waals surface area contributed by atoms with Crippen LogP contribution >= 0.6 is 0 Å². The first kappa shape index (κ1) is 8.27. The van der Waals surface area contributed by atoms with E-state index in [4.69, 9.17) is 0 Å². The molecule has 1 aromatic rings. The normalized spacial score (nSPS) is 22.1. The Morgan fingerprint density at radius 1 is 1.21 bits per heavy atom. The van der Waals surface area contributed by atoms with Crippen LogP contribution in [0.4, 0.5) is 0 Å². The predicted octanol–water partition coefficient (Wildman–Crippen LogP) is 2.22. The Morgan fingerprint density at radius 2 is 2.07 bits per heavy atom. The first-order valence-corrected chi connectivity index (χ1v) is 5.69. The summed E-state index contributed by atoms with van der Waals surface area (Å²) < 4.78 is 4.85. The summed E-state index contributed by atoms with van der Waals surface area (Å²) in [6.45, 7) is 1.08. The van der Waals surface area contributed by atoms with Crippen molar-refractivity contribution >= 4 is 6.21 Å². The van der Waals surface area contributed by atoms with Gasteiger partial charge in [0.05, 0.1) is 0 Å². The molecule has 2 heterocycles. The first-order chi connectivity index (χ1) is 6.93. The molecule has 14 heavy (non-hydrogen) atoms. The molecule has 1 aromatic heterocycles. The summed E-state index contributed by atoms with van der Waals surface area (Å²) in [5.41, 5.74) is 1.37. The van der Waals surface area contributed by atoms with Crippen LogP contribution in [0.3, 0.4) is 0 Å². The highest BCUT2D eigenvalue weighted by Crippen LogP contribution is 2.22. The molecule has 0 radical (unpaired) electrons. The minimum absolute atomic E-state index is 0.809. The lowest BCUT2D eigenvalue weighted by atomic mass is 9.95. The molecule has 1 aliphatic carbocycles. The van der Waals surface area contributed by atoms with Crippen LogP contribution in [0.25, 0.3) is 0 Å². The van der Waals surface area contributed by atoms with E-state index < -0.39 is 0 Å². The van der Waals surface area contributed by atoms with Crippen molar-refractivity contribution in [3.63, 3.8) is 0 Å². The fourth-order valence-corrected chi connectivity index (χ4v) is 2.69. The Balaban J connectivity index is 1.78. The Hall–Kier alpha value is -1.05. The molecule has 0 N–H and O–H groups in total. The Bertz CT molecular complexity index is 356. The maximum Gasteiger partial charge on any atom is 0.222 e. The molecule has 0 aromatic carbocycles. The van der Waals surface area contributed by atoms with Gasteiger partial charge in [-0.3, -0.25) is 4.57 Å². The molecule has 2 nitrogen and oxygen atoms in total. The second kappa shape index (κ2) is 3.26. The average molecular weight is 189 g/mol. The highest BCUT2D eigenvalue weighted by atomic mass is 15.2. The van der Waals surface area contributed by atoms with Crippen molar-refractivity contribution in [3.8, 4) is 0 Å². The molecule has 0 saturated heterocycles. The topological polar surface area (TPSA) is 7.94 Å². The van der Waals surface area contributed by atoms with Crippen molar-refractivity contribution in [2.75, 3.05) is 0 Å². The van der Waals surface area contributed by atoms with Crippen molar-refractivity contribution in [1.29, 1.82) is 0 Å². The van der Waals surface area contributed by atoms with Crippen molar-refractivity contribution < 1.29 is 4.58 Å². The van der Waals surface area contributed by atoms with E-state index in [0.29, 0.717) is 0 Å². The molecule has 2 aliphatic rings. The van der Waals surface area contributed by atoms with Gasteiger partial charge in [-0.05, 0) is 25.0 Å². The summed E-state index contributed by atoms with van der Waals surface area (Å²) in [4.78, 5) is 0. The molecule has 0 spiro atoms. The van der Waals surface area contributed by atoms with E-state index >= 15 is 0 Å². The van der Waals surface area contributed by atoms with Crippen LogP contribution < -0.4 is 0 Å². The Labute approximate surface area is 84.9 Å². The summed E-state index contributed by atoms with van der Waals surface area (Å²) in [6, 6.07) is 5.14. The maximum absolute atomic E-state index is 2.52. The van der Waals surface area contributed by atoms with Crippen LogP contribution in [0.2, 0.25) is 0 Å². The molecule has 74 valence electrons. The fraction of sp³-hybridized carbons (Fsp3) is 0.583. The molecule has 1 fully saturated rings. The van der Waals surface area contributed by atoms with Gasteiger partial charge in [0, 0.05) is 19.0 Å². The lowest BCUT2D eigenvalue weighted by molar-refractivity contribution is -0.588. The van der Waals surface area contributed by atoms with Crippen molar-refractivity contribution in [2.24, 2.45) is 0 Å². The lowest BCUT2D eigenvalue weighted by Crippen LogP contribution is -2.27. The average Bonchev–Trinajstić information content (AvgIpc) is 2.78. The fourth-order valence-electron chi connectivity index (χ4n) is 2.69. The molecule has 0 amide bonds. The number of aromatic nitrogens is 1. The van der Waals surface area contributed by atoms with Crippen LogP contribution in [0.5, 0.6) is 0 Å². The van der Waals surface area contributed by atoms with Gasteiger partial charge in [-0.1, -0.05) is 6.42 Å². The molecule has 3 rings (SSSR count). The number of fused-ring (bicyclic) bond motifs is 1. The van der Waals surface area contributed by atoms with Gasteiger partial charge >= 0.3 is 0 Å². The molecule has 0 bridgehead atoms. The van der Waals surface area contributed by atoms with E-state index in [1.807, 2.05) is 0 Å². The zero-order valence-electron chi connectivity index (χ0n) is 8.52. The van der Waals surface area contributed by atoms with Crippen LogP contribution in [-0.4, -0.2) is 21.4 Å².